The molecular weight excluding hydrogens is 390 g/mol. The Morgan fingerprint density at radius 2 is 2.00 bits per heavy atom. The summed E-state index contributed by atoms with van der Waals surface area (Å²) in [5, 5.41) is 1.75. The van der Waals surface area contributed by atoms with Crippen LogP contribution in [0.5, 0.6) is 5.75 Å². The summed E-state index contributed by atoms with van der Waals surface area (Å²) < 4.78 is 37.6. The van der Waals surface area contributed by atoms with Crippen LogP contribution < -0.4 is 15.8 Å². The average Bonchev–Trinajstić information content (AvgIpc) is 2.65. The Balaban J connectivity index is 2.27. The van der Waals surface area contributed by atoms with Crippen molar-refractivity contribution in [3.05, 3.63) is 23.8 Å². The summed E-state index contributed by atoms with van der Waals surface area (Å²) in [5.41, 5.74) is 4.72. The number of carbonyl (C=O) groups excluding carboxylic acids is 3. The molecule has 154 valence electrons. The van der Waals surface area contributed by atoms with Crippen LogP contribution in [0.3, 0.4) is 0 Å². The summed E-state index contributed by atoms with van der Waals surface area (Å²) in [4.78, 5) is 34.0. The Hall–Kier alpha value is -2.66. The molecule has 1 aromatic carbocycles. The lowest BCUT2D eigenvalue weighted by atomic mass is 10.1. The topological polar surface area (TPSA) is 145 Å². The highest BCUT2D eigenvalue weighted by Crippen LogP contribution is 2.31. The zero-order chi connectivity index (χ0) is 20.9. The van der Waals surface area contributed by atoms with Crippen molar-refractivity contribution in [2.75, 3.05) is 20.3 Å². The molecule has 1 saturated heterocycles. The van der Waals surface area contributed by atoms with E-state index in [2.05, 4.69) is 0 Å². The molecule has 0 spiro atoms. The first-order chi connectivity index (χ1) is 13.2. The van der Waals surface area contributed by atoms with Crippen LogP contribution in [0.1, 0.15) is 36.5 Å². The predicted octanol–water partition coefficient (Wildman–Crippen LogP) is 0.610. The maximum absolute atomic E-state index is 13.1. The van der Waals surface area contributed by atoms with Gasteiger partial charge in [0.1, 0.15) is 10.6 Å². The van der Waals surface area contributed by atoms with Gasteiger partial charge in [-0.15, -0.1) is 0 Å². The molecule has 28 heavy (non-hydrogen) atoms. The molecule has 1 unspecified atom stereocenters. The number of amides is 3. The van der Waals surface area contributed by atoms with Crippen LogP contribution in [0.25, 0.3) is 0 Å². The van der Waals surface area contributed by atoms with Crippen molar-refractivity contribution < 1.29 is 32.3 Å². The van der Waals surface area contributed by atoms with E-state index in [9.17, 15) is 22.8 Å². The van der Waals surface area contributed by atoms with E-state index in [0.29, 0.717) is 6.54 Å². The highest BCUT2D eigenvalue weighted by atomic mass is 32.2. The van der Waals surface area contributed by atoms with Crippen LogP contribution in [0, 0.1) is 0 Å². The molecule has 0 aliphatic carbocycles. The van der Waals surface area contributed by atoms with E-state index < -0.39 is 34.5 Å². The number of nitrogens with zero attached hydrogens (tertiary/aromatic N) is 1. The maximum atomic E-state index is 13.1. The van der Waals surface area contributed by atoms with Gasteiger partial charge in [-0.25, -0.2) is 18.0 Å². The van der Waals surface area contributed by atoms with Gasteiger partial charge in [-0.05, 0) is 38.0 Å². The number of esters is 1. The standard InChI is InChI=1S/C17H23N3O7S/c1-11-5-3-4-8-20(11)28(24,25)14-9-12(6-7-13(14)26-2)16(22)27-10-15(21)19-17(18)23/h6-7,9,11H,3-5,8,10H2,1-2H3,(H3,18,19,21,23). The van der Waals surface area contributed by atoms with Crippen LogP contribution >= 0.6 is 0 Å². The molecule has 1 aliphatic rings. The van der Waals surface area contributed by atoms with Crippen molar-refractivity contribution in [2.45, 2.75) is 37.1 Å². The molecule has 0 saturated carbocycles. The smallest absolute Gasteiger partial charge is 0.338 e. The normalized spacial score (nSPS) is 17.6. The number of nitrogens with one attached hydrogen (secondary N) is 1. The van der Waals surface area contributed by atoms with Crippen LogP contribution in [0.4, 0.5) is 4.79 Å². The minimum atomic E-state index is -3.90. The maximum Gasteiger partial charge on any atom is 0.338 e. The molecule has 1 fully saturated rings. The lowest BCUT2D eigenvalue weighted by molar-refractivity contribution is -0.123. The number of primary amides is 1. The van der Waals surface area contributed by atoms with E-state index in [4.69, 9.17) is 15.2 Å². The summed E-state index contributed by atoms with van der Waals surface area (Å²) in [6.45, 7) is 1.48. The molecular formula is C17H23N3O7S. The molecule has 10 nitrogen and oxygen atoms in total. The van der Waals surface area contributed by atoms with Gasteiger partial charge in [0.15, 0.2) is 6.61 Å². The third kappa shape index (κ3) is 4.98. The number of imide groups is 1. The minimum Gasteiger partial charge on any atom is -0.495 e. The number of sulfonamides is 1. The SMILES string of the molecule is COc1ccc(C(=O)OCC(=O)NC(N)=O)cc1S(=O)(=O)N1CCCCC1C. The number of hydrogen-bond acceptors (Lipinski definition) is 7. The second-order valence-electron chi connectivity index (χ2n) is 6.31. The van der Waals surface area contributed by atoms with Crippen LogP contribution in [0.2, 0.25) is 0 Å². The molecule has 1 atom stereocenters. The van der Waals surface area contributed by atoms with Gasteiger partial charge in [0.05, 0.1) is 12.7 Å². The second-order valence-corrected chi connectivity index (χ2v) is 8.17. The Kier molecular flexibility index (Phi) is 6.97. The Labute approximate surface area is 163 Å². The highest BCUT2D eigenvalue weighted by Gasteiger charge is 2.33. The number of carbonyl (C=O) groups is 3. The number of rotatable bonds is 6. The molecule has 0 aromatic heterocycles. The third-order valence-electron chi connectivity index (χ3n) is 4.32. The lowest BCUT2D eigenvalue weighted by Crippen LogP contribution is -2.42. The minimum absolute atomic E-state index is 0.0732. The first kappa shape index (κ1) is 21.6. The van der Waals surface area contributed by atoms with Gasteiger partial charge in [-0.3, -0.25) is 10.1 Å². The van der Waals surface area contributed by atoms with Crippen molar-refractivity contribution >= 4 is 27.9 Å². The van der Waals surface area contributed by atoms with Gasteiger partial charge in [0, 0.05) is 12.6 Å². The van der Waals surface area contributed by atoms with Crippen LogP contribution in [-0.4, -0.2) is 56.9 Å². The fraction of sp³-hybridized carbons (Fsp3) is 0.471. The lowest BCUT2D eigenvalue weighted by Gasteiger charge is -2.32. The summed E-state index contributed by atoms with van der Waals surface area (Å²) in [6.07, 6.45) is 2.45. The summed E-state index contributed by atoms with van der Waals surface area (Å²) in [7, 11) is -2.56. The van der Waals surface area contributed by atoms with Gasteiger partial charge < -0.3 is 15.2 Å². The first-order valence-corrected chi connectivity index (χ1v) is 10.1. The third-order valence-corrected chi connectivity index (χ3v) is 6.36. The molecule has 1 heterocycles. The van der Waals surface area contributed by atoms with E-state index in [1.54, 1.807) is 5.32 Å². The predicted molar refractivity (Wildman–Crippen MR) is 98.2 cm³/mol. The van der Waals surface area contributed by atoms with Crippen molar-refractivity contribution in [3.63, 3.8) is 0 Å². The number of methoxy groups -OCH3 is 1. The van der Waals surface area contributed by atoms with E-state index in [0.717, 1.165) is 25.3 Å². The van der Waals surface area contributed by atoms with Crippen molar-refractivity contribution in [1.29, 1.82) is 0 Å². The number of hydrogen-bond donors (Lipinski definition) is 2. The zero-order valence-corrected chi connectivity index (χ0v) is 16.5. The van der Waals surface area contributed by atoms with Gasteiger partial charge in [0.25, 0.3) is 5.91 Å². The molecule has 1 aliphatic heterocycles. The van der Waals surface area contributed by atoms with E-state index in [1.165, 1.54) is 23.5 Å². The Morgan fingerprint density at radius 3 is 2.61 bits per heavy atom. The Morgan fingerprint density at radius 1 is 1.29 bits per heavy atom. The fourth-order valence-corrected chi connectivity index (χ4v) is 4.83. The monoisotopic (exact) mass is 413 g/mol. The van der Waals surface area contributed by atoms with Crippen LogP contribution in [0.15, 0.2) is 23.1 Å². The van der Waals surface area contributed by atoms with Crippen molar-refractivity contribution in [2.24, 2.45) is 5.73 Å². The molecule has 0 radical (unpaired) electrons. The fourth-order valence-electron chi connectivity index (χ4n) is 2.95. The molecule has 1 aromatic rings. The van der Waals surface area contributed by atoms with E-state index in [-0.39, 0.29) is 22.3 Å². The van der Waals surface area contributed by atoms with Gasteiger partial charge in [0.2, 0.25) is 10.0 Å². The van der Waals surface area contributed by atoms with Crippen LogP contribution in [-0.2, 0) is 19.6 Å². The van der Waals surface area contributed by atoms with Gasteiger partial charge in [-0.2, -0.15) is 4.31 Å². The highest BCUT2D eigenvalue weighted by molar-refractivity contribution is 7.89. The Bertz CT molecular complexity index is 870. The van der Waals surface area contributed by atoms with Crippen molar-refractivity contribution in [1.82, 2.24) is 9.62 Å². The summed E-state index contributed by atoms with van der Waals surface area (Å²) >= 11 is 0. The van der Waals surface area contributed by atoms with Gasteiger partial charge in [-0.1, -0.05) is 6.42 Å². The number of ether oxygens (including phenoxy) is 2. The number of benzene rings is 1. The first-order valence-electron chi connectivity index (χ1n) is 8.63. The molecule has 0 bridgehead atoms. The van der Waals surface area contributed by atoms with E-state index in [1.807, 2.05) is 6.92 Å². The molecule has 3 amide bonds. The van der Waals surface area contributed by atoms with Gasteiger partial charge >= 0.3 is 12.0 Å². The summed E-state index contributed by atoms with van der Waals surface area (Å²) in [6, 6.07) is 2.59. The molecule has 11 heteroatoms. The summed E-state index contributed by atoms with van der Waals surface area (Å²) in [5.74, 6) is -1.73. The molecule has 3 N–H and O–H groups in total. The zero-order valence-electron chi connectivity index (χ0n) is 15.6. The number of urea groups is 1. The number of piperidine rings is 1. The quantitative estimate of drug-likeness (QED) is 0.650. The number of nitrogens with two attached hydrogens (primary N) is 1. The van der Waals surface area contributed by atoms with Crippen molar-refractivity contribution in [3.8, 4) is 5.75 Å². The second kappa shape index (κ2) is 9.02. The largest absolute Gasteiger partial charge is 0.495 e. The molecule has 2 rings (SSSR count). The van der Waals surface area contributed by atoms with E-state index >= 15 is 0 Å². The average molecular weight is 413 g/mol.